The van der Waals surface area contributed by atoms with Crippen molar-refractivity contribution in [3.63, 3.8) is 0 Å². The number of piperidine rings is 1. The van der Waals surface area contributed by atoms with Gasteiger partial charge in [-0.15, -0.1) is 0 Å². The zero-order valence-electron chi connectivity index (χ0n) is 18.6. The largest absolute Gasteiger partial charge is 0.367 e. The summed E-state index contributed by atoms with van der Waals surface area (Å²) in [6.07, 6.45) is 8.30. The lowest BCUT2D eigenvalue weighted by molar-refractivity contribution is -0.110. The van der Waals surface area contributed by atoms with Crippen LogP contribution < -0.4 is 21.3 Å². The molecule has 2 fully saturated rings. The Balaban J connectivity index is 1.29. The number of nitrogens with one attached hydrogen (secondary N) is 2. The number of aliphatic imine (C=N–C) groups is 1. The molecule has 8 heteroatoms. The molecule has 1 saturated heterocycles. The number of carbonyl (C=O) groups is 1. The normalized spacial score (nSPS) is 18.7. The SMILES string of the molecule is NCC1CCN(c2c(F)cccc2NC(=O)C2=NC(c3ccnc(NC4CC4)c3)=CC2)CC1. The second kappa shape index (κ2) is 9.31. The van der Waals surface area contributed by atoms with Gasteiger partial charge in [0.15, 0.2) is 0 Å². The lowest BCUT2D eigenvalue weighted by atomic mass is 9.96. The monoisotopic (exact) mass is 448 g/mol. The number of para-hydroxylation sites is 1. The van der Waals surface area contributed by atoms with E-state index in [1.807, 2.05) is 23.1 Å². The van der Waals surface area contributed by atoms with Crippen molar-refractivity contribution in [2.45, 2.75) is 38.1 Å². The minimum absolute atomic E-state index is 0.310. The smallest absolute Gasteiger partial charge is 0.270 e. The number of halogens is 1. The number of carbonyl (C=O) groups excluding carboxylic acids is 1. The number of hydrogen-bond donors (Lipinski definition) is 3. The van der Waals surface area contributed by atoms with E-state index in [2.05, 4.69) is 20.6 Å². The third-order valence-electron chi connectivity index (χ3n) is 6.49. The average Bonchev–Trinajstić information content (AvgIpc) is 3.50. The van der Waals surface area contributed by atoms with Gasteiger partial charge in [0, 0.05) is 37.3 Å². The van der Waals surface area contributed by atoms with Crippen LogP contribution in [-0.4, -0.2) is 42.3 Å². The first-order chi connectivity index (χ1) is 16.1. The fraction of sp³-hybridized carbons (Fsp3) is 0.400. The summed E-state index contributed by atoms with van der Waals surface area (Å²) >= 11 is 0. The maximum absolute atomic E-state index is 14.8. The molecule has 0 unspecified atom stereocenters. The van der Waals surface area contributed by atoms with E-state index in [1.54, 1.807) is 18.3 Å². The highest BCUT2D eigenvalue weighted by Gasteiger charge is 2.25. The number of hydrogen-bond acceptors (Lipinski definition) is 6. The molecule has 1 amide bonds. The van der Waals surface area contributed by atoms with Gasteiger partial charge < -0.3 is 21.3 Å². The van der Waals surface area contributed by atoms with Crippen LogP contribution in [0, 0.1) is 11.7 Å². The Morgan fingerprint density at radius 1 is 1.18 bits per heavy atom. The van der Waals surface area contributed by atoms with Gasteiger partial charge in [-0.2, -0.15) is 0 Å². The minimum Gasteiger partial charge on any atom is -0.367 e. The number of rotatable bonds is 7. The number of nitrogens with zero attached hydrogens (tertiary/aromatic N) is 3. The number of allylic oxidation sites excluding steroid dienone is 1. The van der Waals surface area contributed by atoms with Gasteiger partial charge in [0.25, 0.3) is 5.91 Å². The Kier molecular flexibility index (Phi) is 6.09. The standard InChI is InChI=1S/C25H29FN6O/c26-19-2-1-3-21(24(19)32-12-9-16(15-27)10-13-32)31-25(33)22-7-6-20(30-22)17-8-11-28-23(14-17)29-18-4-5-18/h1-3,6,8,11,14,16,18H,4-5,7,9-10,12-13,15,27H2,(H,28,29)(H,31,33). The second-order valence-electron chi connectivity index (χ2n) is 8.96. The highest BCUT2D eigenvalue weighted by molar-refractivity contribution is 6.45. The molecule has 1 aromatic heterocycles. The van der Waals surface area contributed by atoms with Crippen LogP contribution in [0.25, 0.3) is 5.70 Å². The van der Waals surface area contributed by atoms with E-state index in [0.717, 1.165) is 43.0 Å². The van der Waals surface area contributed by atoms with Crippen molar-refractivity contribution in [1.29, 1.82) is 0 Å². The van der Waals surface area contributed by atoms with E-state index in [1.165, 1.54) is 18.9 Å². The minimum atomic E-state index is -0.335. The summed E-state index contributed by atoms with van der Waals surface area (Å²) in [6.45, 7) is 2.09. The molecule has 0 atom stereocenters. The third kappa shape index (κ3) is 4.90. The highest BCUT2D eigenvalue weighted by Crippen LogP contribution is 2.33. The van der Waals surface area contributed by atoms with Crippen molar-refractivity contribution < 1.29 is 9.18 Å². The average molecular weight is 449 g/mol. The van der Waals surface area contributed by atoms with E-state index in [9.17, 15) is 9.18 Å². The highest BCUT2D eigenvalue weighted by atomic mass is 19.1. The molecule has 2 aliphatic heterocycles. The molecule has 5 rings (SSSR count). The number of amides is 1. The van der Waals surface area contributed by atoms with E-state index in [4.69, 9.17) is 5.73 Å². The van der Waals surface area contributed by atoms with Crippen LogP contribution in [0.15, 0.2) is 47.6 Å². The lowest BCUT2D eigenvalue weighted by Crippen LogP contribution is -2.37. The Hall–Kier alpha value is -3.26. The summed E-state index contributed by atoms with van der Waals surface area (Å²) in [4.78, 5) is 23.9. The first kappa shape index (κ1) is 21.6. The van der Waals surface area contributed by atoms with Crippen molar-refractivity contribution in [3.8, 4) is 0 Å². The molecule has 33 heavy (non-hydrogen) atoms. The molecule has 1 saturated carbocycles. The molecule has 1 aromatic carbocycles. The summed E-state index contributed by atoms with van der Waals surface area (Å²) in [5, 5.41) is 6.28. The van der Waals surface area contributed by atoms with Gasteiger partial charge in [0.05, 0.1) is 17.1 Å². The molecule has 1 aliphatic carbocycles. The van der Waals surface area contributed by atoms with Crippen LogP contribution in [0.2, 0.25) is 0 Å². The van der Waals surface area contributed by atoms with Crippen molar-refractivity contribution >= 4 is 34.5 Å². The van der Waals surface area contributed by atoms with Crippen LogP contribution in [0.1, 0.15) is 37.7 Å². The Morgan fingerprint density at radius 3 is 2.76 bits per heavy atom. The van der Waals surface area contributed by atoms with Gasteiger partial charge in [0.1, 0.15) is 17.3 Å². The zero-order valence-corrected chi connectivity index (χ0v) is 18.6. The molecular formula is C25H29FN6O. The van der Waals surface area contributed by atoms with E-state index >= 15 is 0 Å². The summed E-state index contributed by atoms with van der Waals surface area (Å²) in [5.74, 6) is 0.650. The van der Waals surface area contributed by atoms with Gasteiger partial charge >= 0.3 is 0 Å². The first-order valence-corrected chi connectivity index (χ1v) is 11.7. The first-order valence-electron chi connectivity index (χ1n) is 11.7. The Morgan fingerprint density at radius 2 is 2.00 bits per heavy atom. The van der Waals surface area contributed by atoms with E-state index in [-0.39, 0.29) is 11.7 Å². The fourth-order valence-corrected chi connectivity index (χ4v) is 4.39. The Bertz CT molecular complexity index is 1100. The molecular weight excluding hydrogens is 419 g/mol. The molecule has 0 bridgehead atoms. The van der Waals surface area contributed by atoms with Crippen LogP contribution in [0.3, 0.4) is 0 Å². The summed E-state index contributed by atoms with van der Waals surface area (Å²) < 4.78 is 14.8. The predicted octanol–water partition coefficient (Wildman–Crippen LogP) is 3.79. The molecule has 7 nitrogen and oxygen atoms in total. The summed E-state index contributed by atoms with van der Waals surface area (Å²) in [7, 11) is 0. The molecule has 3 heterocycles. The molecule has 2 aromatic rings. The molecule has 0 spiro atoms. The summed E-state index contributed by atoms with van der Waals surface area (Å²) in [6, 6.07) is 9.16. The molecule has 3 aliphatic rings. The molecule has 4 N–H and O–H groups in total. The van der Waals surface area contributed by atoms with Crippen LogP contribution in [-0.2, 0) is 4.79 Å². The van der Waals surface area contributed by atoms with Crippen molar-refractivity contribution in [3.05, 3.63) is 54.0 Å². The van der Waals surface area contributed by atoms with Crippen molar-refractivity contribution in [1.82, 2.24) is 4.98 Å². The van der Waals surface area contributed by atoms with Crippen LogP contribution in [0.4, 0.5) is 21.6 Å². The quantitative estimate of drug-likeness (QED) is 0.599. The lowest BCUT2D eigenvalue weighted by Gasteiger charge is -2.34. The van der Waals surface area contributed by atoms with Gasteiger partial charge in [0.2, 0.25) is 0 Å². The summed E-state index contributed by atoms with van der Waals surface area (Å²) in [5.41, 5.74) is 8.80. The number of nitrogens with two attached hydrogens (primary N) is 1. The zero-order chi connectivity index (χ0) is 22.8. The van der Waals surface area contributed by atoms with Gasteiger partial charge in [-0.05, 0) is 62.4 Å². The van der Waals surface area contributed by atoms with Gasteiger partial charge in [-0.25, -0.2) is 14.4 Å². The second-order valence-corrected chi connectivity index (χ2v) is 8.96. The van der Waals surface area contributed by atoms with E-state index < -0.39 is 0 Å². The fourth-order valence-electron chi connectivity index (χ4n) is 4.39. The predicted molar refractivity (Wildman–Crippen MR) is 130 cm³/mol. The van der Waals surface area contributed by atoms with Crippen LogP contribution >= 0.6 is 0 Å². The van der Waals surface area contributed by atoms with E-state index in [0.29, 0.717) is 42.0 Å². The van der Waals surface area contributed by atoms with Gasteiger partial charge in [-0.1, -0.05) is 12.1 Å². The number of aromatic nitrogens is 1. The number of benzene rings is 1. The Labute approximate surface area is 193 Å². The molecule has 172 valence electrons. The maximum Gasteiger partial charge on any atom is 0.270 e. The number of pyridine rings is 1. The molecule has 0 radical (unpaired) electrons. The van der Waals surface area contributed by atoms with Gasteiger partial charge in [-0.3, -0.25) is 4.79 Å². The topological polar surface area (TPSA) is 95.6 Å². The van der Waals surface area contributed by atoms with Crippen molar-refractivity contribution in [2.75, 3.05) is 35.2 Å². The van der Waals surface area contributed by atoms with Crippen LogP contribution in [0.5, 0.6) is 0 Å². The third-order valence-corrected chi connectivity index (χ3v) is 6.49. The maximum atomic E-state index is 14.8. The number of anilines is 3. The van der Waals surface area contributed by atoms with Crippen molar-refractivity contribution in [2.24, 2.45) is 16.6 Å².